The average Bonchev–Trinajstić information content (AvgIpc) is 2.65. The van der Waals surface area contributed by atoms with Crippen molar-refractivity contribution < 1.29 is 5.11 Å². The molecule has 0 radical (unpaired) electrons. The molecule has 1 unspecified atom stereocenters. The second-order valence-electron chi connectivity index (χ2n) is 3.93. The van der Waals surface area contributed by atoms with Gasteiger partial charge in [-0.1, -0.05) is 12.1 Å². The number of aromatic nitrogens is 2. The molecule has 1 atom stereocenters. The van der Waals surface area contributed by atoms with Crippen LogP contribution in [0.1, 0.15) is 6.92 Å². The van der Waals surface area contributed by atoms with Crippen molar-refractivity contribution in [3.8, 4) is 17.0 Å². The predicted octanol–water partition coefficient (Wildman–Crippen LogP) is 1.60. The highest BCUT2D eigenvalue weighted by Gasteiger charge is 2.07. The van der Waals surface area contributed by atoms with E-state index in [1.165, 1.54) is 0 Å². The first-order chi connectivity index (χ1) is 7.66. The Morgan fingerprint density at radius 1 is 1.44 bits per heavy atom. The molecule has 2 rings (SSSR count). The smallest absolute Gasteiger partial charge is 0.116 e. The topological polar surface area (TPSA) is 64.1 Å². The molecule has 16 heavy (non-hydrogen) atoms. The van der Waals surface area contributed by atoms with Crippen LogP contribution < -0.4 is 5.73 Å². The molecule has 0 saturated heterocycles. The maximum absolute atomic E-state index is 9.43. The van der Waals surface area contributed by atoms with E-state index in [1.54, 1.807) is 18.3 Å². The van der Waals surface area contributed by atoms with Crippen molar-refractivity contribution in [1.82, 2.24) is 9.78 Å². The molecule has 0 aliphatic carbocycles. The third-order valence-electron chi connectivity index (χ3n) is 2.32. The van der Waals surface area contributed by atoms with Gasteiger partial charge in [0, 0.05) is 17.8 Å². The quantitative estimate of drug-likeness (QED) is 0.820. The summed E-state index contributed by atoms with van der Waals surface area (Å²) < 4.78 is 1.85. The summed E-state index contributed by atoms with van der Waals surface area (Å²) in [6, 6.07) is 9.08. The van der Waals surface area contributed by atoms with Gasteiger partial charge in [-0.2, -0.15) is 5.10 Å². The summed E-state index contributed by atoms with van der Waals surface area (Å²) in [5.41, 5.74) is 7.66. The van der Waals surface area contributed by atoms with Crippen molar-refractivity contribution in [2.75, 3.05) is 0 Å². The van der Waals surface area contributed by atoms with Crippen LogP contribution >= 0.6 is 0 Å². The Labute approximate surface area is 94.3 Å². The highest BCUT2D eigenvalue weighted by molar-refractivity contribution is 5.61. The van der Waals surface area contributed by atoms with Gasteiger partial charge in [0.25, 0.3) is 0 Å². The fourth-order valence-corrected chi connectivity index (χ4v) is 1.66. The standard InChI is InChI=1S/C12H15N3O/c1-9(13)8-15-12(5-6-14-15)10-3-2-4-11(16)7-10/h2-7,9,16H,8,13H2,1H3. The maximum Gasteiger partial charge on any atom is 0.116 e. The summed E-state index contributed by atoms with van der Waals surface area (Å²) in [5, 5.41) is 13.6. The zero-order valence-electron chi connectivity index (χ0n) is 9.17. The number of phenols is 1. The zero-order chi connectivity index (χ0) is 11.5. The number of hydrogen-bond acceptors (Lipinski definition) is 3. The van der Waals surface area contributed by atoms with Crippen LogP contribution in [-0.4, -0.2) is 20.9 Å². The van der Waals surface area contributed by atoms with Crippen molar-refractivity contribution in [3.63, 3.8) is 0 Å². The van der Waals surface area contributed by atoms with Gasteiger partial charge in [-0.05, 0) is 25.1 Å². The third kappa shape index (κ3) is 2.23. The molecule has 1 aromatic carbocycles. The molecule has 4 nitrogen and oxygen atoms in total. The number of hydrogen-bond donors (Lipinski definition) is 2. The van der Waals surface area contributed by atoms with Crippen LogP contribution in [0.5, 0.6) is 5.75 Å². The Hall–Kier alpha value is -1.81. The van der Waals surface area contributed by atoms with E-state index in [2.05, 4.69) is 5.10 Å². The molecule has 84 valence electrons. The monoisotopic (exact) mass is 217 g/mol. The number of nitrogens with two attached hydrogens (primary N) is 1. The summed E-state index contributed by atoms with van der Waals surface area (Å²) >= 11 is 0. The van der Waals surface area contributed by atoms with Gasteiger partial charge in [-0.15, -0.1) is 0 Å². The van der Waals surface area contributed by atoms with E-state index in [4.69, 9.17) is 5.73 Å². The summed E-state index contributed by atoms with van der Waals surface area (Å²) in [4.78, 5) is 0. The molecular formula is C12H15N3O. The van der Waals surface area contributed by atoms with Crippen LogP contribution in [0.2, 0.25) is 0 Å². The minimum Gasteiger partial charge on any atom is -0.508 e. The largest absolute Gasteiger partial charge is 0.508 e. The van der Waals surface area contributed by atoms with Gasteiger partial charge in [-0.3, -0.25) is 4.68 Å². The van der Waals surface area contributed by atoms with E-state index in [-0.39, 0.29) is 11.8 Å². The lowest BCUT2D eigenvalue weighted by atomic mass is 10.1. The fraction of sp³-hybridized carbons (Fsp3) is 0.250. The number of nitrogens with zero attached hydrogens (tertiary/aromatic N) is 2. The van der Waals surface area contributed by atoms with Crippen LogP contribution in [0.4, 0.5) is 0 Å². The molecule has 0 fully saturated rings. The Morgan fingerprint density at radius 3 is 2.94 bits per heavy atom. The predicted molar refractivity (Wildman–Crippen MR) is 63.0 cm³/mol. The van der Waals surface area contributed by atoms with E-state index >= 15 is 0 Å². The average molecular weight is 217 g/mol. The Balaban J connectivity index is 2.37. The molecule has 0 aliphatic rings. The summed E-state index contributed by atoms with van der Waals surface area (Å²) in [6.45, 7) is 2.60. The van der Waals surface area contributed by atoms with Crippen LogP contribution in [0.15, 0.2) is 36.5 Å². The number of benzene rings is 1. The maximum atomic E-state index is 9.43. The summed E-state index contributed by atoms with van der Waals surface area (Å²) in [5.74, 6) is 0.256. The van der Waals surface area contributed by atoms with Crippen molar-refractivity contribution >= 4 is 0 Å². The molecule has 0 bridgehead atoms. The van der Waals surface area contributed by atoms with E-state index in [1.807, 2.05) is 29.8 Å². The van der Waals surface area contributed by atoms with Crippen molar-refractivity contribution in [2.45, 2.75) is 19.5 Å². The van der Waals surface area contributed by atoms with E-state index in [0.717, 1.165) is 11.3 Å². The van der Waals surface area contributed by atoms with Gasteiger partial charge < -0.3 is 10.8 Å². The Bertz CT molecular complexity index is 477. The van der Waals surface area contributed by atoms with Crippen LogP contribution in [0.25, 0.3) is 11.3 Å². The Kier molecular flexibility index (Phi) is 2.92. The lowest BCUT2D eigenvalue weighted by molar-refractivity contribution is 0.475. The molecular weight excluding hydrogens is 202 g/mol. The normalized spacial score (nSPS) is 12.6. The van der Waals surface area contributed by atoms with Gasteiger partial charge in [0.1, 0.15) is 5.75 Å². The first kappa shape index (κ1) is 10.7. The summed E-state index contributed by atoms with van der Waals surface area (Å²) in [6.07, 6.45) is 1.74. The number of rotatable bonds is 3. The first-order valence-electron chi connectivity index (χ1n) is 5.23. The number of phenolic OH excluding ortho intramolecular Hbond substituents is 1. The van der Waals surface area contributed by atoms with Crippen LogP contribution in [0, 0.1) is 0 Å². The Morgan fingerprint density at radius 2 is 2.25 bits per heavy atom. The molecule has 1 aromatic heterocycles. The van der Waals surface area contributed by atoms with Gasteiger partial charge in [0.05, 0.1) is 12.2 Å². The molecule has 0 saturated carbocycles. The third-order valence-corrected chi connectivity index (χ3v) is 2.32. The highest BCUT2D eigenvalue weighted by atomic mass is 16.3. The second kappa shape index (κ2) is 4.37. The van der Waals surface area contributed by atoms with E-state index in [9.17, 15) is 5.11 Å². The van der Waals surface area contributed by atoms with Gasteiger partial charge in [0.15, 0.2) is 0 Å². The van der Waals surface area contributed by atoms with Crippen molar-refractivity contribution in [1.29, 1.82) is 0 Å². The van der Waals surface area contributed by atoms with Crippen molar-refractivity contribution in [3.05, 3.63) is 36.5 Å². The van der Waals surface area contributed by atoms with Crippen LogP contribution in [-0.2, 0) is 6.54 Å². The second-order valence-corrected chi connectivity index (χ2v) is 3.93. The van der Waals surface area contributed by atoms with Gasteiger partial charge in [0.2, 0.25) is 0 Å². The minimum atomic E-state index is 0.0518. The molecule has 2 aromatic rings. The first-order valence-corrected chi connectivity index (χ1v) is 5.23. The molecule has 3 N–H and O–H groups in total. The number of aromatic hydroxyl groups is 1. The highest BCUT2D eigenvalue weighted by Crippen LogP contribution is 2.22. The fourth-order valence-electron chi connectivity index (χ4n) is 1.66. The van der Waals surface area contributed by atoms with Crippen LogP contribution in [0.3, 0.4) is 0 Å². The van der Waals surface area contributed by atoms with Gasteiger partial charge >= 0.3 is 0 Å². The molecule has 0 aliphatic heterocycles. The minimum absolute atomic E-state index is 0.0518. The van der Waals surface area contributed by atoms with E-state index < -0.39 is 0 Å². The molecule has 0 amide bonds. The SMILES string of the molecule is CC(N)Cn1nccc1-c1cccc(O)c1. The lowest BCUT2D eigenvalue weighted by Crippen LogP contribution is -2.23. The molecule has 4 heteroatoms. The molecule has 0 spiro atoms. The summed E-state index contributed by atoms with van der Waals surface area (Å²) in [7, 11) is 0. The zero-order valence-corrected chi connectivity index (χ0v) is 9.17. The van der Waals surface area contributed by atoms with E-state index in [0.29, 0.717) is 6.54 Å². The van der Waals surface area contributed by atoms with Crippen molar-refractivity contribution in [2.24, 2.45) is 5.73 Å². The van der Waals surface area contributed by atoms with Gasteiger partial charge in [-0.25, -0.2) is 0 Å². The lowest BCUT2D eigenvalue weighted by Gasteiger charge is -2.10. The molecule has 1 heterocycles.